The highest BCUT2D eigenvalue weighted by Gasteiger charge is 2.13. The zero-order chi connectivity index (χ0) is 13.9. The predicted octanol–water partition coefficient (Wildman–Crippen LogP) is 2.92. The van der Waals surface area contributed by atoms with Gasteiger partial charge in [0.1, 0.15) is 0 Å². The van der Waals surface area contributed by atoms with Gasteiger partial charge in [0.2, 0.25) is 0 Å². The molecule has 0 radical (unpaired) electrons. The van der Waals surface area contributed by atoms with Gasteiger partial charge in [-0.3, -0.25) is 15.0 Å². The van der Waals surface area contributed by atoms with Crippen molar-refractivity contribution < 1.29 is 0 Å². The molecule has 0 aliphatic rings. The molecule has 0 aliphatic heterocycles. The van der Waals surface area contributed by atoms with Crippen LogP contribution in [0.25, 0.3) is 11.0 Å². The van der Waals surface area contributed by atoms with Gasteiger partial charge in [-0.15, -0.1) is 0 Å². The number of fused-ring (bicyclic) bond motifs is 1. The Morgan fingerprint density at radius 1 is 1.10 bits per heavy atom. The minimum absolute atomic E-state index is 0.185. The summed E-state index contributed by atoms with van der Waals surface area (Å²) in [5, 5.41) is 0.634. The van der Waals surface area contributed by atoms with Gasteiger partial charge in [0.25, 0.3) is 0 Å². The number of aromatic nitrogens is 3. The molecule has 2 N–H and O–H groups in total. The number of benzene rings is 1. The second kappa shape index (κ2) is 5.53. The number of hydrogen-bond donors (Lipinski definition) is 1. The molecule has 100 valence electrons. The average molecular weight is 285 g/mol. The molecule has 1 aromatic carbocycles. The van der Waals surface area contributed by atoms with Gasteiger partial charge in [0, 0.05) is 30.8 Å². The highest BCUT2D eigenvalue weighted by molar-refractivity contribution is 6.31. The van der Waals surface area contributed by atoms with Gasteiger partial charge in [-0.25, -0.2) is 0 Å². The van der Waals surface area contributed by atoms with Gasteiger partial charge < -0.3 is 5.73 Å². The number of para-hydroxylation sites is 1. The standard InChI is InChI=1S/C15H13ClN4/c16-12-9-18-5-4-10(12)8-13(17)11-2-1-3-14-15(11)20-7-6-19-14/h1-7,9,13H,8,17H2. The smallest absolute Gasteiger partial charge is 0.0934 e. The zero-order valence-electron chi connectivity index (χ0n) is 10.7. The molecule has 0 saturated carbocycles. The van der Waals surface area contributed by atoms with Crippen LogP contribution in [-0.4, -0.2) is 15.0 Å². The van der Waals surface area contributed by atoms with Crippen molar-refractivity contribution >= 4 is 22.6 Å². The maximum absolute atomic E-state index is 6.32. The fraction of sp³-hybridized carbons (Fsp3) is 0.133. The number of nitrogens with two attached hydrogens (primary N) is 1. The van der Waals surface area contributed by atoms with Crippen molar-refractivity contribution in [3.8, 4) is 0 Å². The van der Waals surface area contributed by atoms with Crippen LogP contribution in [0.5, 0.6) is 0 Å². The van der Waals surface area contributed by atoms with Crippen molar-refractivity contribution in [3.63, 3.8) is 0 Å². The predicted molar refractivity (Wildman–Crippen MR) is 79.4 cm³/mol. The zero-order valence-corrected chi connectivity index (χ0v) is 11.5. The molecule has 0 aliphatic carbocycles. The van der Waals surface area contributed by atoms with E-state index >= 15 is 0 Å². The van der Waals surface area contributed by atoms with Crippen molar-refractivity contribution in [2.45, 2.75) is 12.5 Å². The fourth-order valence-electron chi connectivity index (χ4n) is 2.23. The minimum atomic E-state index is -0.185. The summed E-state index contributed by atoms with van der Waals surface area (Å²) < 4.78 is 0. The topological polar surface area (TPSA) is 64.7 Å². The van der Waals surface area contributed by atoms with Gasteiger partial charge in [-0.2, -0.15) is 0 Å². The maximum Gasteiger partial charge on any atom is 0.0934 e. The van der Waals surface area contributed by atoms with Crippen LogP contribution in [0.15, 0.2) is 49.1 Å². The Hall–Kier alpha value is -2.04. The third kappa shape index (κ3) is 2.48. The molecule has 0 amide bonds. The monoisotopic (exact) mass is 284 g/mol. The second-order valence-corrected chi connectivity index (χ2v) is 4.96. The number of hydrogen-bond acceptors (Lipinski definition) is 4. The lowest BCUT2D eigenvalue weighted by atomic mass is 9.99. The summed E-state index contributed by atoms with van der Waals surface area (Å²) >= 11 is 6.13. The van der Waals surface area contributed by atoms with Gasteiger partial charge in [-0.1, -0.05) is 23.7 Å². The summed E-state index contributed by atoms with van der Waals surface area (Å²) in [4.78, 5) is 12.7. The Labute approximate surface area is 121 Å². The highest BCUT2D eigenvalue weighted by Crippen LogP contribution is 2.25. The molecule has 0 fully saturated rings. The van der Waals surface area contributed by atoms with Crippen LogP contribution in [0.2, 0.25) is 5.02 Å². The van der Waals surface area contributed by atoms with Crippen LogP contribution in [0, 0.1) is 0 Å². The van der Waals surface area contributed by atoms with Crippen LogP contribution in [0.3, 0.4) is 0 Å². The molecule has 4 nitrogen and oxygen atoms in total. The molecule has 2 aromatic heterocycles. The maximum atomic E-state index is 6.32. The quantitative estimate of drug-likeness (QED) is 0.803. The fourth-order valence-corrected chi connectivity index (χ4v) is 2.43. The van der Waals surface area contributed by atoms with Crippen molar-refractivity contribution in [1.29, 1.82) is 0 Å². The first kappa shape index (κ1) is 13.0. The molecule has 5 heteroatoms. The lowest BCUT2D eigenvalue weighted by molar-refractivity contribution is 0.725. The van der Waals surface area contributed by atoms with Crippen molar-refractivity contribution in [1.82, 2.24) is 15.0 Å². The van der Waals surface area contributed by atoms with E-state index in [-0.39, 0.29) is 6.04 Å². The highest BCUT2D eigenvalue weighted by atomic mass is 35.5. The van der Waals surface area contributed by atoms with E-state index in [0.717, 1.165) is 22.2 Å². The summed E-state index contributed by atoms with van der Waals surface area (Å²) in [7, 11) is 0. The number of rotatable bonds is 3. The largest absolute Gasteiger partial charge is 0.324 e. The average Bonchev–Trinajstić information content (AvgIpc) is 2.49. The van der Waals surface area contributed by atoms with Crippen LogP contribution in [-0.2, 0) is 6.42 Å². The summed E-state index contributed by atoms with van der Waals surface area (Å²) in [6.45, 7) is 0. The Balaban J connectivity index is 1.97. The van der Waals surface area contributed by atoms with Crippen LogP contribution >= 0.6 is 11.6 Å². The van der Waals surface area contributed by atoms with E-state index in [2.05, 4.69) is 15.0 Å². The first-order valence-electron chi connectivity index (χ1n) is 6.29. The lowest BCUT2D eigenvalue weighted by Gasteiger charge is -2.14. The van der Waals surface area contributed by atoms with Crippen molar-refractivity contribution in [2.75, 3.05) is 0 Å². The van der Waals surface area contributed by atoms with Crippen molar-refractivity contribution in [2.24, 2.45) is 5.73 Å². The Kier molecular flexibility index (Phi) is 3.58. The molecular weight excluding hydrogens is 272 g/mol. The number of nitrogens with zero attached hydrogens (tertiary/aromatic N) is 3. The van der Waals surface area contributed by atoms with E-state index < -0.39 is 0 Å². The van der Waals surface area contributed by atoms with Crippen molar-refractivity contribution in [3.05, 3.63) is 65.2 Å². The summed E-state index contributed by atoms with van der Waals surface area (Å²) in [6, 6.07) is 7.56. The molecule has 1 unspecified atom stereocenters. The molecular formula is C15H13ClN4. The number of halogens is 1. The summed E-state index contributed by atoms with van der Waals surface area (Å²) in [5.41, 5.74) is 9.96. The van der Waals surface area contributed by atoms with Gasteiger partial charge in [0.05, 0.1) is 16.1 Å². The molecule has 3 aromatic rings. The van der Waals surface area contributed by atoms with Gasteiger partial charge in [-0.05, 0) is 29.7 Å². The van der Waals surface area contributed by atoms with E-state index in [4.69, 9.17) is 17.3 Å². The Morgan fingerprint density at radius 3 is 2.80 bits per heavy atom. The molecule has 1 atom stereocenters. The SMILES string of the molecule is NC(Cc1ccncc1Cl)c1cccc2nccnc12. The van der Waals surface area contributed by atoms with E-state index in [9.17, 15) is 0 Å². The van der Waals surface area contributed by atoms with Crippen LogP contribution < -0.4 is 5.73 Å². The first-order chi connectivity index (χ1) is 9.75. The van der Waals surface area contributed by atoms with E-state index in [0.29, 0.717) is 11.4 Å². The molecule has 2 heterocycles. The van der Waals surface area contributed by atoms with E-state index in [1.54, 1.807) is 24.8 Å². The molecule has 3 rings (SSSR count). The molecule has 0 saturated heterocycles. The first-order valence-corrected chi connectivity index (χ1v) is 6.67. The number of pyridine rings is 1. The normalized spacial score (nSPS) is 12.5. The Morgan fingerprint density at radius 2 is 1.95 bits per heavy atom. The second-order valence-electron chi connectivity index (χ2n) is 4.55. The van der Waals surface area contributed by atoms with E-state index in [1.807, 2.05) is 24.3 Å². The summed E-state index contributed by atoms with van der Waals surface area (Å²) in [5.74, 6) is 0. The van der Waals surface area contributed by atoms with Crippen LogP contribution in [0.4, 0.5) is 0 Å². The third-order valence-electron chi connectivity index (χ3n) is 3.23. The van der Waals surface area contributed by atoms with Gasteiger partial charge in [0.15, 0.2) is 0 Å². The van der Waals surface area contributed by atoms with E-state index in [1.165, 1.54) is 0 Å². The molecule has 0 bridgehead atoms. The Bertz CT molecular complexity index is 739. The molecule has 0 spiro atoms. The third-order valence-corrected chi connectivity index (χ3v) is 3.57. The lowest BCUT2D eigenvalue weighted by Crippen LogP contribution is -2.14. The van der Waals surface area contributed by atoms with Crippen LogP contribution in [0.1, 0.15) is 17.2 Å². The summed E-state index contributed by atoms with van der Waals surface area (Å²) in [6.07, 6.45) is 7.34. The van der Waals surface area contributed by atoms with Gasteiger partial charge >= 0.3 is 0 Å². The minimum Gasteiger partial charge on any atom is -0.324 e. The molecule has 20 heavy (non-hydrogen) atoms.